The Morgan fingerprint density at radius 1 is 1.14 bits per heavy atom. The van der Waals surface area contributed by atoms with Crippen LogP contribution in [0.1, 0.15) is 50.5 Å². The third kappa shape index (κ3) is 4.26. The molecule has 1 N–H and O–H groups in total. The number of methoxy groups -OCH3 is 2. The minimum absolute atomic E-state index is 0.0124. The molecule has 0 spiro atoms. The molecule has 2 fully saturated rings. The fraction of sp³-hybridized carbons (Fsp3) is 0.636. The van der Waals surface area contributed by atoms with E-state index in [-0.39, 0.29) is 29.6 Å². The van der Waals surface area contributed by atoms with Crippen molar-refractivity contribution in [2.75, 3.05) is 33.9 Å². The lowest BCUT2D eigenvalue weighted by Crippen LogP contribution is -2.37. The quantitative estimate of drug-likeness (QED) is 0.780. The van der Waals surface area contributed by atoms with E-state index in [0.29, 0.717) is 19.6 Å². The second-order valence-electron chi connectivity index (χ2n) is 7.84. The number of carbonyl (C=O) groups is 2. The van der Waals surface area contributed by atoms with Crippen molar-refractivity contribution in [3.05, 3.63) is 23.8 Å². The van der Waals surface area contributed by atoms with Crippen LogP contribution in [0, 0.1) is 11.8 Å². The van der Waals surface area contributed by atoms with E-state index in [9.17, 15) is 9.59 Å². The highest BCUT2D eigenvalue weighted by atomic mass is 16.5. The lowest BCUT2D eigenvalue weighted by molar-refractivity contribution is -0.134. The Morgan fingerprint density at radius 2 is 1.89 bits per heavy atom. The van der Waals surface area contributed by atoms with Gasteiger partial charge in [0.2, 0.25) is 11.8 Å². The lowest BCUT2D eigenvalue weighted by Gasteiger charge is -2.21. The lowest BCUT2D eigenvalue weighted by atomic mass is 9.87. The molecule has 0 radical (unpaired) electrons. The van der Waals surface area contributed by atoms with Gasteiger partial charge in [0.05, 0.1) is 20.1 Å². The first-order valence-electron chi connectivity index (χ1n) is 10.4. The fourth-order valence-electron chi connectivity index (χ4n) is 4.50. The van der Waals surface area contributed by atoms with Crippen LogP contribution in [0.25, 0.3) is 0 Å². The smallest absolute Gasteiger partial charge is 0.225 e. The predicted octanol–water partition coefficient (Wildman–Crippen LogP) is 2.96. The molecule has 0 bridgehead atoms. The standard InChI is InChI=1S/C22H32N2O4/c1-4-11-23-21(25)19-14-24(22(26)15-7-5-6-8-15)13-18(19)17-12-16(27-2)9-10-20(17)28-3/h9-10,12,15,18-19H,4-8,11,13-14H2,1-3H3,(H,23,25). The number of carbonyl (C=O) groups excluding carboxylic acids is 2. The minimum Gasteiger partial charge on any atom is -0.497 e. The van der Waals surface area contributed by atoms with E-state index in [2.05, 4.69) is 5.32 Å². The molecule has 1 aromatic carbocycles. The maximum absolute atomic E-state index is 13.0. The highest BCUT2D eigenvalue weighted by molar-refractivity contribution is 5.84. The largest absolute Gasteiger partial charge is 0.497 e. The number of nitrogens with one attached hydrogen (secondary N) is 1. The highest BCUT2D eigenvalue weighted by Crippen LogP contribution is 2.40. The molecule has 1 aromatic rings. The summed E-state index contributed by atoms with van der Waals surface area (Å²) in [5, 5.41) is 3.02. The molecule has 6 heteroatoms. The Balaban J connectivity index is 1.89. The molecule has 2 unspecified atom stereocenters. The number of benzene rings is 1. The van der Waals surface area contributed by atoms with Gasteiger partial charge in [0.25, 0.3) is 0 Å². The average molecular weight is 389 g/mol. The molecule has 2 aliphatic rings. The second kappa shape index (κ2) is 9.30. The summed E-state index contributed by atoms with van der Waals surface area (Å²) >= 11 is 0. The molecule has 1 aliphatic heterocycles. The van der Waals surface area contributed by atoms with Crippen LogP contribution in [0.2, 0.25) is 0 Å². The van der Waals surface area contributed by atoms with Crippen molar-refractivity contribution in [2.45, 2.75) is 44.9 Å². The van der Waals surface area contributed by atoms with Crippen LogP contribution in [-0.2, 0) is 9.59 Å². The van der Waals surface area contributed by atoms with Crippen LogP contribution in [0.3, 0.4) is 0 Å². The Labute approximate surface area is 167 Å². The molecule has 1 aliphatic carbocycles. The van der Waals surface area contributed by atoms with Crippen LogP contribution >= 0.6 is 0 Å². The van der Waals surface area contributed by atoms with Crippen molar-refractivity contribution < 1.29 is 19.1 Å². The van der Waals surface area contributed by atoms with E-state index in [4.69, 9.17) is 9.47 Å². The first kappa shape index (κ1) is 20.5. The van der Waals surface area contributed by atoms with Gasteiger partial charge in [0.1, 0.15) is 11.5 Å². The van der Waals surface area contributed by atoms with E-state index in [1.165, 1.54) is 0 Å². The van der Waals surface area contributed by atoms with Crippen molar-refractivity contribution in [2.24, 2.45) is 11.8 Å². The zero-order valence-electron chi connectivity index (χ0n) is 17.2. The van der Waals surface area contributed by atoms with Gasteiger partial charge in [-0.2, -0.15) is 0 Å². The SMILES string of the molecule is CCCNC(=O)C1CN(C(=O)C2CCCC2)CC1c1cc(OC)ccc1OC. The zero-order chi connectivity index (χ0) is 20.1. The molecule has 154 valence electrons. The second-order valence-corrected chi connectivity index (χ2v) is 7.84. The molecule has 3 rings (SSSR count). The maximum Gasteiger partial charge on any atom is 0.225 e. The summed E-state index contributed by atoms with van der Waals surface area (Å²) < 4.78 is 11.0. The first-order chi connectivity index (χ1) is 13.6. The summed E-state index contributed by atoms with van der Waals surface area (Å²) in [7, 11) is 3.26. The van der Waals surface area contributed by atoms with E-state index in [1.54, 1.807) is 14.2 Å². The first-order valence-corrected chi connectivity index (χ1v) is 10.4. The molecule has 6 nitrogen and oxygen atoms in total. The molecule has 2 atom stereocenters. The molecule has 2 amide bonds. The van der Waals surface area contributed by atoms with Crippen molar-refractivity contribution in [3.63, 3.8) is 0 Å². The number of hydrogen-bond acceptors (Lipinski definition) is 4. The van der Waals surface area contributed by atoms with Gasteiger partial charge < -0.3 is 19.7 Å². The molecular weight excluding hydrogens is 356 g/mol. The van der Waals surface area contributed by atoms with Gasteiger partial charge in [-0.05, 0) is 37.5 Å². The Kier molecular flexibility index (Phi) is 6.81. The van der Waals surface area contributed by atoms with Crippen LogP contribution < -0.4 is 14.8 Å². The van der Waals surface area contributed by atoms with Crippen LogP contribution in [-0.4, -0.2) is 50.6 Å². The third-order valence-electron chi connectivity index (χ3n) is 6.06. The van der Waals surface area contributed by atoms with Gasteiger partial charge >= 0.3 is 0 Å². The number of ether oxygens (including phenoxy) is 2. The van der Waals surface area contributed by atoms with Crippen molar-refractivity contribution >= 4 is 11.8 Å². The normalized spacial score (nSPS) is 22.3. The van der Waals surface area contributed by atoms with Gasteiger partial charge in [-0.3, -0.25) is 9.59 Å². The van der Waals surface area contributed by atoms with Gasteiger partial charge in [0, 0.05) is 37.0 Å². The highest BCUT2D eigenvalue weighted by Gasteiger charge is 2.43. The van der Waals surface area contributed by atoms with E-state index in [0.717, 1.165) is 49.2 Å². The van der Waals surface area contributed by atoms with Crippen LogP contribution in [0.4, 0.5) is 0 Å². The summed E-state index contributed by atoms with van der Waals surface area (Å²) in [5.41, 5.74) is 0.931. The van der Waals surface area contributed by atoms with Gasteiger partial charge in [-0.1, -0.05) is 19.8 Å². The number of hydrogen-bond donors (Lipinski definition) is 1. The summed E-state index contributed by atoms with van der Waals surface area (Å²) in [4.78, 5) is 27.8. The third-order valence-corrected chi connectivity index (χ3v) is 6.06. The maximum atomic E-state index is 13.0. The molecule has 28 heavy (non-hydrogen) atoms. The van der Waals surface area contributed by atoms with Crippen LogP contribution in [0.5, 0.6) is 11.5 Å². The Hall–Kier alpha value is -2.24. The number of nitrogens with zero attached hydrogens (tertiary/aromatic N) is 1. The topological polar surface area (TPSA) is 67.9 Å². The van der Waals surface area contributed by atoms with E-state index >= 15 is 0 Å². The fourth-order valence-corrected chi connectivity index (χ4v) is 4.50. The number of likely N-dealkylation sites (tertiary alicyclic amines) is 1. The van der Waals surface area contributed by atoms with Crippen molar-refractivity contribution in [1.29, 1.82) is 0 Å². The molecule has 1 saturated heterocycles. The Morgan fingerprint density at radius 3 is 2.54 bits per heavy atom. The van der Waals surface area contributed by atoms with Crippen molar-refractivity contribution in [3.8, 4) is 11.5 Å². The molecule has 0 aromatic heterocycles. The van der Waals surface area contributed by atoms with Crippen molar-refractivity contribution in [1.82, 2.24) is 10.2 Å². The number of rotatable bonds is 7. The van der Waals surface area contributed by atoms with Gasteiger partial charge in [-0.15, -0.1) is 0 Å². The van der Waals surface area contributed by atoms with E-state index < -0.39 is 0 Å². The summed E-state index contributed by atoms with van der Waals surface area (Å²) in [5.74, 6) is 1.41. The summed E-state index contributed by atoms with van der Waals surface area (Å²) in [6, 6.07) is 5.66. The van der Waals surface area contributed by atoms with Crippen LogP contribution in [0.15, 0.2) is 18.2 Å². The Bertz CT molecular complexity index is 700. The summed E-state index contributed by atoms with van der Waals surface area (Å²) in [6.45, 7) is 3.69. The van der Waals surface area contributed by atoms with Gasteiger partial charge in [-0.25, -0.2) is 0 Å². The molecule has 1 saturated carbocycles. The average Bonchev–Trinajstić information content (AvgIpc) is 3.41. The van der Waals surface area contributed by atoms with Gasteiger partial charge in [0.15, 0.2) is 0 Å². The minimum atomic E-state index is -0.280. The number of amides is 2. The monoisotopic (exact) mass is 388 g/mol. The predicted molar refractivity (Wildman–Crippen MR) is 108 cm³/mol. The molecule has 1 heterocycles. The summed E-state index contributed by atoms with van der Waals surface area (Å²) in [6.07, 6.45) is 5.07. The van der Waals surface area contributed by atoms with E-state index in [1.807, 2.05) is 30.0 Å². The molecular formula is C22H32N2O4. The zero-order valence-corrected chi connectivity index (χ0v) is 17.2.